The quantitative estimate of drug-likeness (QED) is 0.942. The van der Waals surface area contributed by atoms with E-state index in [1.54, 1.807) is 10.9 Å². The highest BCUT2D eigenvalue weighted by Crippen LogP contribution is 2.23. The first-order valence-electron chi connectivity index (χ1n) is 7.56. The van der Waals surface area contributed by atoms with E-state index in [1.165, 1.54) is 0 Å². The molecule has 1 unspecified atom stereocenters. The largest absolute Gasteiger partial charge is 0.374 e. The zero-order valence-electron chi connectivity index (χ0n) is 13.2. The van der Waals surface area contributed by atoms with Gasteiger partial charge in [-0.25, -0.2) is 0 Å². The number of carbonyl (C=O) groups is 1. The molecule has 1 amide bonds. The molecule has 1 aliphatic heterocycles. The molecule has 0 bridgehead atoms. The number of hydrogen-bond acceptors (Lipinski definition) is 4. The minimum Gasteiger partial charge on any atom is -0.374 e. The second kappa shape index (κ2) is 5.79. The van der Waals surface area contributed by atoms with Gasteiger partial charge in [0.05, 0.1) is 5.69 Å². The summed E-state index contributed by atoms with van der Waals surface area (Å²) in [5, 5.41) is 7.67. The first kappa shape index (κ1) is 14.6. The maximum absolute atomic E-state index is 12.8. The van der Waals surface area contributed by atoms with Crippen molar-refractivity contribution < 1.29 is 4.79 Å². The molecule has 1 aliphatic rings. The molecule has 0 radical (unpaired) electrons. The Balaban J connectivity index is 1.79. The smallest absolute Gasteiger partial charge is 0.250 e. The lowest BCUT2D eigenvalue weighted by Crippen LogP contribution is -2.48. The van der Waals surface area contributed by atoms with Crippen LogP contribution in [0.15, 0.2) is 24.4 Å². The van der Waals surface area contributed by atoms with E-state index >= 15 is 0 Å². The molecule has 6 heteroatoms. The zero-order valence-corrected chi connectivity index (χ0v) is 13.2. The molecular formula is C16H21N5O. The number of aryl methyl sites for hydroxylation is 3. The van der Waals surface area contributed by atoms with Crippen molar-refractivity contribution in [3.63, 3.8) is 0 Å². The van der Waals surface area contributed by atoms with Gasteiger partial charge in [0, 0.05) is 37.2 Å². The zero-order chi connectivity index (χ0) is 15.7. The Morgan fingerprint density at radius 2 is 2.09 bits per heavy atom. The highest BCUT2D eigenvalue weighted by molar-refractivity contribution is 5.98. The molecule has 116 valence electrons. The van der Waals surface area contributed by atoms with Gasteiger partial charge in [0.15, 0.2) is 0 Å². The number of anilines is 2. The number of nitrogens with one attached hydrogen (secondary N) is 1. The van der Waals surface area contributed by atoms with Crippen molar-refractivity contribution in [1.82, 2.24) is 14.8 Å². The molecule has 3 rings (SSSR count). The highest BCUT2D eigenvalue weighted by Gasteiger charge is 2.31. The lowest BCUT2D eigenvalue weighted by molar-refractivity contribution is -0.120. The van der Waals surface area contributed by atoms with Crippen molar-refractivity contribution in [3.05, 3.63) is 35.8 Å². The lowest BCUT2D eigenvalue weighted by atomic mass is 10.0. The molecular weight excluding hydrogens is 278 g/mol. The standard InChI is InChI=1S/C16H21N5O/c1-11-9-13(6-7-17-11)18-14-5-4-8-21(16(14)22)15-10-12(2)19-20(15)3/h6-7,9-10,14H,4-5,8H2,1-3H3,(H,17,18). The van der Waals surface area contributed by atoms with E-state index in [0.29, 0.717) is 0 Å². The summed E-state index contributed by atoms with van der Waals surface area (Å²) in [6.45, 7) is 4.62. The third kappa shape index (κ3) is 2.81. The summed E-state index contributed by atoms with van der Waals surface area (Å²) in [4.78, 5) is 18.8. The molecule has 0 aromatic carbocycles. The summed E-state index contributed by atoms with van der Waals surface area (Å²) in [6, 6.07) is 5.61. The van der Waals surface area contributed by atoms with E-state index < -0.39 is 0 Å². The number of pyridine rings is 1. The first-order chi connectivity index (χ1) is 10.5. The van der Waals surface area contributed by atoms with E-state index in [-0.39, 0.29) is 11.9 Å². The Bertz CT molecular complexity index is 694. The summed E-state index contributed by atoms with van der Waals surface area (Å²) in [7, 11) is 1.87. The normalized spacial score (nSPS) is 18.6. The van der Waals surface area contributed by atoms with Gasteiger partial charge >= 0.3 is 0 Å². The van der Waals surface area contributed by atoms with Crippen LogP contribution in [0.3, 0.4) is 0 Å². The molecule has 0 saturated carbocycles. The summed E-state index contributed by atoms with van der Waals surface area (Å²) in [5.41, 5.74) is 2.80. The fraction of sp³-hybridized carbons (Fsp3) is 0.438. The number of carbonyl (C=O) groups excluding carboxylic acids is 1. The summed E-state index contributed by atoms with van der Waals surface area (Å²) >= 11 is 0. The average molecular weight is 299 g/mol. The van der Waals surface area contributed by atoms with Crippen molar-refractivity contribution in [1.29, 1.82) is 0 Å². The molecule has 1 saturated heterocycles. The van der Waals surface area contributed by atoms with E-state index in [2.05, 4.69) is 15.4 Å². The Hall–Kier alpha value is -2.37. The second-order valence-electron chi connectivity index (χ2n) is 5.78. The first-order valence-corrected chi connectivity index (χ1v) is 7.56. The van der Waals surface area contributed by atoms with E-state index in [0.717, 1.165) is 42.3 Å². The number of piperidine rings is 1. The fourth-order valence-corrected chi connectivity index (χ4v) is 2.92. The van der Waals surface area contributed by atoms with Crippen molar-refractivity contribution in [2.45, 2.75) is 32.7 Å². The highest BCUT2D eigenvalue weighted by atomic mass is 16.2. The third-order valence-electron chi connectivity index (χ3n) is 3.93. The monoisotopic (exact) mass is 299 g/mol. The van der Waals surface area contributed by atoms with Gasteiger partial charge in [0.25, 0.3) is 5.91 Å². The molecule has 1 fully saturated rings. The van der Waals surface area contributed by atoms with Gasteiger partial charge in [-0.15, -0.1) is 0 Å². The molecule has 1 atom stereocenters. The predicted molar refractivity (Wildman–Crippen MR) is 85.9 cm³/mol. The molecule has 0 aliphatic carbocycles. The maximum Gasteiger partial charge on any atom is 0.250 e. The van der Waals surface area contributed by atoms with Gasteiger partial charge in [-0.1, -0.05) is 0 Å². The average Bonchev–Trinajstić information content (AvgIpc) is 2.80. The number of hydrogen-bond donors (Lipinski definition) is 1. The maximum atomic E-state index is 12.8. The van der Waals surface area contributed by atoms with Crippen LogP contribution >= 0.6 is 0 Å². The molecule has 1 N–H and O–H groups in total. The van der Waals surface area contributed by atoms with Gasteiger partial charge in [0.2, 0.25) is 0 Å². The number of aromatic nitrogens is 3. The van der Waals surface area contributed by atoms with Crippen LogP contribution in [0, 0.1) is 13.8 Å². The van der Waals surface area contributed by atoms with Gasteiger partial charge in [-0.2, -0.15) is 5.10 Å². The molecule has 0 spiro atoms. The van der Waals surface area contributed by atoms with Crippen LogP contribution in [-0.2, 0) is 11.8 Å². The predicted octanol–water partition coefficient (Wildman–Crippen LogP) is 2.04. The van der Waals surface area contributed by atoms with E-state index in [4.69, 9.17) is 0 Å². The number of rotatable bonds is 3. The van der Waals surface area contributed by atoms with E-state index in [1.807, 2.05) is 44.0 Å². The summed E-state index contributed by atoms with van der Waals surface area (Å²) < 4.78 is 1.77. The number of nitrogens with zero attached hydrogens (tertiary/aromatic N) is 4. The van der Waals surface area contributed by atoms with Crippen molar-refractivity contribution >= 4 is 17.4 Å². The van der Waals surface area contributed by atoms with Crippen molar-refractivity contribution in [2.24, 2.45) is 7.05 Å². The Morgan fingerprint density at radius 3 is 2.77 bits per heavy atom. The summed E-state index contributed by atoms with van der Waals surface area (Å²) in [5.74, 6) is 0.962. The van der Waals surface area contributed by atoms with Crippen LogP contribution in [0.4, 0.5) is 11.5 Å². The minimum atomic E-state index is -0.203. The molecule has 2 aromatic heterocycles. The van der Waals surface area contributed by atoms with Crippen LogP contribution in [0.25, 0.3) is 0 Å². The van der Waals surface area contributed by atoms with Crippen LogP contribution < -0.4 is 10.2 Å². The fourth-order valence-electron chi connectivity index (χ4n) is 2.92. The van der Waals surface area contributed by atoms with Crippen molar-refractivity contribution in [3.8, 4) is 0 Å². The Kier molecular flexibility index (Phi) is 3.83. The number of amides is 1. The third-order valence-corrected chi connectivity index (χ3v) is 3.93. The van der Waals surface area contributed by atoms with Crippen LogP contribution in [0.1, 0.15) is 24.2 Å². The van der Waals surface area contributed by atoms with Gasteiger partial charge < -0.3 is 5.32 Å². The van der Waals surface area contributed by atoms with E-state index in [9.17, 15) is 4.79 Å². The topological polar surface area (TPSA) is 63.1 Å². The minimum absolute atomic E-state index is 0.101. The molecule has 22 heavy (non-hydrogen) atoms. The SMILES string of the molecule is Cc1cc(NC2CCCN(c3cc(C)nn3C)C2=O)ccn1. The Morgan fingerprint density at radius 1 is 1.27 bits per heavy atom. The van der Waals surface area contributed by atoms with Gasteiger partial charge in [-0.05, 0) is 38.8 Å². The molecule has 6 nitrogen and oxygen atoms in total. The molecule has 3 heterocycles. The van der Waals surface area contributed by atoms with Crippen LogP contribution in [-0.4, -0.2) is 33.3 Å². The summed E-state index contributed by atoms with van der Waals surface area (Å²) in [6.07, 6.45) is 3.57. The van der Waals surface area contributed by atoms with Crippen LogP contribution in [0.5, 0.6) is 0 Å². The Labute approximate surface area is 130 Å². The second-order valence-corrected chi connectivity index (χ2v) is 5.78. The van der Waals surface area contributed by atoms with Crippen molar-refractivity contribution in [2.75, 3.05) is 16.8 Å². The lowest BCUT2D eigenvalue weighted by Gasteiger charge is -2.32. The molecule has 2 aromatic rings. The van der Waals surface area contributed by atoms with Gasteiger partial charge in [-0.3, -0.25) is 19.4 Å². The van der Waals surface area contributed by atoms with Gasteiger partial charge in [0.1, 0.15) is 11.9 Å². The van der Waals surface area contributed by atoms with Crippen LogP contribution in [0.2, 0.25) is 0 Å².